The molecule has 1 atom stereocenters. The number of hydrogen-bond acceptors (Lipinski definition) is 6. The smallest absolute Gasteiger partial charge is 0.343 e. The maximum atomic E-state index is 11.5. The predicted octanol–water partition coefficient (Wildman–Crippen LogP) is -2.01. The van der Waals surface area contributed by atoms with E-state index in [1.165, 1.54) is 0 Å². The zero-order valence-electron chi connectivity index (χ0n) is 9.70. The molecular formula is C10H12N4O5. The van der Waals surface area contributed by atoms with Gasteiger partial charge < -0.3 is 20.3 Å². The van der Waals surface area contributed by atoms with Gasteiger partial charge in [0.2, 0.25) is 5.43 Å². The maximum Gasteiger partial charge on any atom is 0.343 e. The zero-order valence-corrected chi connectivity index (χ0v) is 9.70. The molecule has 5 N–H and O–H groups in total. The van der Waals surface area contributed by atoms with E-state index in [1.54, 1.807) is 0 Å². The van der Waals surface area contributed by atoms with Crippen molar-refractivity contribution in [2.24, 2.45) is 0 Å². The number of nitrogens with zero attached hydrogens (tertiary/aromatic N) is 2. The quantitative estimate of drug-likeness (QED) is 0.433. The van der Waals surface area contributed by atoms with Crippen molar-refractivity contribution in [2.45, 2.75) is 12.6 Å². The molecule has 0 aliphatic heterocycles. The Morgan fingerprint density at radius 3 is 2.79 bits per heavy atom. The lowest BCUT2D eigenvalue weighted by atomic mass is 10.3. The van der Waals surface area contributed by atoms with Crippen LogP contribution in [0.2, 0.25) is 0 Å². The summed E-state index contributed by atoms with van der Waals surface area (Å²) in [4.78, 5) is 25.5. The minimum atomic E-state index is -1.13. The van der Waals surface area contributed by atoms with Crippen LogP contribution in [0.1, 0.15) is 0 Å². The Balaban J connectivity index is 2.48. The Hall–Kier alpha value is -2.39. The van der Waals surface area contributed by atoms with E-state index in [2.05, 4.69) is 15.2 Å². The monoisotopic (exact) mass is 268 g/mol. The normalized spacial score (nSPS) is 12.5. The van der Waals surface area contributed by atoms with Gasteiger partial charge >= 0.3 is 5.69 Å². The second kappa shape index (κ2) is 5.08. The summed E-state index contributed by atoms with van der Waals surface area (Å²) in [5, 5.41) is 33.2. The fraction of sp³-hybridized carbons (Fsp3) is 0.300. The van der Waals surface area contributed by atoms with Crippen LogP contribution in [0, 0.1) is 0 Å². The first-order chi connectivity index (χ1) is 9.02. The van der Waals surface area contributed by atoms with Crippen LogP contribution in [0.25, 0.3) is 11.5 Å². The third-order valence-electron chi connectivity index (χ3n) is 2.50. The third kappa shape index (κ3) is 2.56. The second-order valence-corrected chi connectivity index (χ2v) is 3.90. The molecule has 0 aliphatic rings. The van der Waals surface area contributed by atoms with Gasteiger partial charge in [-0.2, -0.15) is 5.10 Å². The lowest BCUT2D eigenvalue weighted by Crippen LogP contribution is -2.27. The van der Waals surface area contributed by atoms with Gasteiger partial charge in [-0.05, 0) is 0 Å². The van der Waals surface area contributed by atoms with Crippen molar-refractivity contribution in [1.29, 1.82) is 0 Å². The summed E-state index contributed by atoms with van der Waals surface area (Å²) in [7, 11) is 0. The largest absolute Gasteiger partial charge is 0.503 e. The first-order valence-corrected chi connectivity index (χ1v) is 5.39. The van der Waals surface area contributed by atoms with Gasteiger partial charge in [0.05, 0.1) is 24.9 Å². The minimum absolute atomic E-state index is 0.0922. The number of hydrogen-bond donors (Lipinski definition) is 5. The molecule has 0 spiro atoms. The third-order valence-corrected chi connectivity index (χ3v) is 2.50. The highest BCUT2D eigenvalue weighted by atomic mass is 16.3. The number of aromatic nitrogens is 4. The number of aromatic hydroxyl groups is 1. The summed E-state index contributed by atoms with van der Waals surface area (Å²) in [5.74, 6) is -0.363. The molecule has 0 radical (unpaired) electrons. The van der Waals surface area contributed by atoms with Crippen molar-refractivity contribution in [2.75, 3.05) is 6.61 Å². The average molecular weight is 268 g/mol. The van der Waals surface area contributed by atoms with Gasteiger partial charge in [0.1, 0.15) is 0 Å². The van der Waals surface area contributed by atoms with Crippen LogP contribution in [0.5, 0.6) is 5.75 Å². The van der Waals surface area contributed by atoms with Crippen molar-refractivity contribution in [3.05, 3.63) is 33.0 Å². The predicted molar refractivity (Wildman–Crippen MR) is 63.7 cm³/mol. The summed E-state index contributed by atoms with van der Waals surface area (Å²) in [6.45, 7) is -0.687. The van der Waals surface area contributed by atoms with Crippen LogP contribution in [-0.2, 0) is 6.54 Å². The first-order valence-electron chi connectivity index (χ1n) is 5.39. The first kappa shape index (κ1) is 13.1. The van der Waals surface area contributed by atoms with Gasteiger partial charge in [-0.1, -0.05) is 0 Å². The van der Waals surface area contributed by atoms with Crippen molar-refractivity contribution < 1.29 is 15.3 Å². The van der Waals surface area contributed by atoms with Gasteiger partial charge in [-0.25, -0.2) is 9.89 Å². The molecule has 0 saturated heterocycles. The van der Waals surface area contributed by atoms with Crippen LogP contribution in [-0.4, -0.2) is 47.8 Å². The molecule has 0 aliphatic carbocycles. The number of aromatic amines is 2. The highest BCUT2D eigenvalue weighted by Crippen LogP contribution is 2.12. The molecule has 9 nitrogen and oxygen atoms in total. The van der Waals surface area contributed by atoms with E-state index in [0.29, 0.717) is 0 Å². The van der Waals surface area contributed by atoms with Gasteiger partial charge in [0, 0.05) is 12.3 Å². The average Bonchev–Trinajstić information content (AvgIpc) is 2.74. The minimum Gasteiger partial charge on any atom is -0.503 e. The van der Waals surface area contributed by atoms with E-state index in [-0.39, 0.29) is 18.1 Å². The molecule has 0 bridgehead atoms. The maximum absolute atomic E-state index is 11.5. The molecule has 0 amide bonds. The standard InChI is InChI=1S/C10H12N4O5/c15-4-5(16)3-14-9(12-13-10(14)19)6-1-7(17)8(18)2-11-6/h1-2,5,15-16,18H,3-4H2,(H,11,17)(H,13,19)/t5-/m0/s1. The number of nitrogens with one attached hydrogen (secondary N) is 2. The fourth-order valence-corrected chi connectivity index (χ4v) is 1.55. The molecule has 2 rings (SSSR count). The van der Waals surface area contributed by atoms with Crippen molar-refractivity contribution in [3.63, 3.8) is 0 Å². The van der Waals surface area contributed by atoms with Crippen LogP contribution in [0.4, 0.5) is 0 Å². The number of aliphatic hydroxyl groups excluding tert-OH is 2. The molecule has 2 aromatic heterocycles. The molecular weight excluding hydrogens is 256 g/mol. The molecule has 0 unspecified atom stereocenters. The van der Waals surface area contributed by atoms with Gasteiger partial charge in [-0.3, -0.25) is 9.36 Å². The molecule has 2 heterocycles. The van der Waals surface area contributed by atoms with Crippen LogP contribution >= 0.6 is 0 Å². The fourth-order valence-electron chi connectivity index (χ4n) is 1.55. The van der Waals surface area contributed by atoms with E-state index >= 15 is 0 Å². The molecule has 102 valence electrons. The van der Waals surface area contributed by atoms with Crippen molar-refractivity contribution >= 4 is 0 Å². The molecule has 19 heavy (non-hydrogen) atoms. The SMILES string of the molecule is O=c1cc(-c2n[nH]c(=O)n2C[C@H](O)CO)[nH]cc1O. The molecule has 0 fully saturated rings. The van der Waals surface area contributed by atoms with E-state index in [4.69, 9.17) is 10.2 Å². The van der Waals surface area contributed by atoms with Gasteiger partial charge in [0.25, 0.3) is 0 Å². The highest BCUT2D eigenvalue weighted by molar-refractivity contribution is 5.49. The van der Waals surface area contributed by atoms with Crippen LogP contribution in [0.15, 0.2) is 21.9 Å². The molecule has 0 saturated carbocycles. The highest BCUT2D eigenvalue weighted by Gasteiger charge is 2.15. The number of rotatable bonds is 4. The summed E-state index contributed by atoms with van der Waals surface area (Å²) in [6, 6.07) is 1.08. The van der Waals surface area contributed by atoms with Gasteiger partial charge in [0.15, 0.2) is 11.6 Å². The second-order valence-electron chi connectivity index (χ2n) is 3.90. The summed E-state index contributed by atoms with van der Waals surface area (Å²) >= 11 is 0. The molecule has 9 heteroatoms. The van der Waals surface area contributed by atoms with E-state index in [1.807, 2.05) is 0 Å². The Kier molecular flexibility index (Phi) is 3.49. The number of pyridine rings is 1. The summed E-state index contributed by atoms with van der Waals surface area (Å²) in [5.41, 5.74) is -1.01. The van der Waals surface area contributed by atoms with Crippen molar-refractivity contribution in [3.8, 4) is 17.3 Å². The Morgan fingerprint density at radius 1 is 1.42 bits per heavy atom. The van der Waals surface area contributed by atoms with E-state index in [0.717, 1.165) is 16.8 Å². The Bertz CT molecular complexity index is 686. The lowest BCUT2D eigenvalue weighted by Gasteiger charge is -2.09. The Morgan fingerprint density at radius 2 is 2.16 bits per heavy atom. The van der Waals surface area contributed by atoms with Crippen molar-refractivity contribution in [1.82, 2.24) is 19.7 Å². The number of aliphatic hydroxyl groups is 2. The van der Waals surface area contributed by atoms with E-state index < -0.39 is 29.6 Å². The Labute approximate surface area is 105 Å². The zero-order chi connectivity index (χ0) is 14.0. The van der Waals surface area contributed by atoms with E-state index in [9.17, 15) is 14.7 Å². The van der Waals surface area contributed by atoms with Gasteiger partial charge in [-0.15, -0.1) is 0 Å². The van der Waals surface area contributed by atoms with Crippen LogP contribution < -0.4 is 11.1 Å². The summed E-state index contributed by atoms with van der Waals surface area (Å²) < 4.78 is 1.07. The lowest BCUT2D eigenvalue weighted by molar-refractivity contribution is 0.0807. The molecule has 2 aromatic rings. The number of H-pyrrole nitrogens is 2. The van der Waals surface area contributed by atoms with Crippen LogP contribution in [0.3, 0.4) is 0 Å². The topological polar surface area (TPSA) is 144 Å². The molecule has 0 aromatic carbocycles. The summed E-state index contributed by atoms with van der Waals surface area (Å²) in [6.07, 6.45) is -0.0539.